The van der Waals surface area contributed by atoms with E-state index >= 15 is 0 Å². The van der Waals surface area contributed by atoms with Crippen LogP contribution in [-0.2, 0) is 11.3 Å². The monoisotopic (exact) mass is 280 g/mol. The second-order valence-corrected chi connectivity index (χ2v) is 5.25. The highest BCUT2D eigenvalue weighted by Crippen LogP contribution is 2.22. The van der Waals surface area contributed by atoms with Gasteiger partial charge in [-0.15, -0.1) is 0 Å². The van der Waals surface area contributed by atoms with Crippen molar-refractivity contribution < 1.29 is 9.13 Å². The summed E-state index contributed by atoms with van der Waals surface area (Å²) in [4.78, 5) is 2.15. The lowest BCUT2D eigenvalue weighted by atomic mass is 10.1. The van der Waals surface area contributed by atoms with Crippen LogP contribution >= 0.6 is 0 Å². The molecule has 0 unspecified atom stereocenters. The van der Waals surface area contributed by atoms with Crippen LogP contribution in [0.4, 0.5) is 10.1 Å². The lowest BCUT2D eigenvalue weighted by molar-refractivity contribution is 0.154. The molecule has 1 aliphatic carbocycles. The number of rotatable bonds is 9. The normalized spacial score (nSPS) is 14.6. The zero-order valence-corrected chi connectivity index (χ0v) is 12.5. The molecule has 3 nitrogen and oxygen atoms in total. The Bertz CT molecular complexity index is 421. The third-order valence-electron chi connectivity index (χ3n) is 3.57. The molecular weight excluding hydrogens is 255 g/mol. The maximum atomic E-state index is 13.8. The van der Waals surface area contributed by atoms with Gasteiger partial charge in [0.25, 0.3) is 0 Å². The Balaban J connectivity index is 1.99. The van der Waals surface area contributed by atoms with Gasteiger partial charge in [0.2, 0.25) is 0 Å². The van der Waals surface area contributed by atoms with Gasteiger partial charge in [0, 0.05) is 38.0 Å². The van der Waals surface area contributed by atoms with Crippen molar-refractivity contribution in [2.45, 2.75) is 39.3 Å². The standard InChI is InChI=1S/C16H25FN2O/c1-3-19(7-8-20-4-2)16-10-13(9-14(17)11-16)12-18-15-5-6-15/h9-11,15,18H,3-8,12H2,1-2H3. The highest BCUT2D eigenvalue weighted by Gasteiger charge is 2.20. The minimum absolute atomic E-state index is 0.162. The van der Waals surface area contributed by atoms with Crippen LogP contribution < -0.4 is 10.2 Å². The van der Waals surface area contributed by atoms with E-state index in [-0.39, 0.29) is 5.82 Å². The van der Waals surface area contributed by atoms with Crippen LogP contribution in [0.1, 0.15) is 32.3 Å². The van der Waals surface area contributed by atoms with Crippen LogP contribution in [0.15, 0.2) is 18.2 Å². The molecule has 1 saturated carbocycles. The number of hydrogen-bond acceptors (Lipinski definition) is 3. The number of hydrogen-bond donors (Lipinski definition) is 1. The van der Waals surface area contributed by atoms with E-state index in [4.69, 9.17) is 4.74 Å². The van der Waals surface area contributed by atoms with Gasteiger partial charge in [-0.05, 0) is 50.5 Å². The molecule has 0 aromatic heterocycles. The van der Waals surface area contributed by atoms with E-state index in [9.17, 15) is 4.39 Å². The number of ether oxygens (including phenoxy) is 1. The van der Waals surface area contributed by atoms with E-state index in [2.05, 4.69) is 23.2 Å². The Morgan fingerprint density at radius 2 is 2.10 bits per heavy atom. The molecule has 1 N–H and O–H groups in total. The fraction of sp³-hybridized carbons (Fsp3) is 0.625. The quantitative estimate of drug-likeness (QED) is 0.704. The number of likely N-dealkylation sites (N-methyl/N-ethyl adjacent to an activating group) is 1. The van der Waals surface area contributed by atoms with Gasteiger partial charge in [-0.3, -0.25) is 0 Å². The Hall–Kier alpha value is -1.13. The predicted octanol–water partition coefficient (Wildman–Crippen LogP) is 2.94. The number of nitrogens with zero attached hydrogens (tertiary/aromatic N) is 1. The number of nitrogens with one attached hydrogen (secondary N) is 1. The van der Waals surface area contributed by atoms with E-state index in [1.807, 2.05) is 6.92 Å². The highest BCUT2D eigenvalue weighted by atomic mass is 19.1. The molecule has 0 amide bonds. The average molecular weight is 280 g/mol. The van der Waals surface area contributed by atoms with Crippen LogP contribution in [0, 0.1) is 5.82 Å². The Morgan fingerprint density at radius 1 is 1.30 bits per heavy atom. The SMILES string of the molecule is CCOCCN(CC)c1cc(F)cc(CNC2CC2)c1. The van der Waals surface area contributed by atoms with Gasteiger partial charge < -0.3 is 15.0 Å². The van der Waals surface area contributed by atoms with Crippen LogP contribution in [0.5, 0.6) is 0 Å². The third-order valence-corrected chi connectivity index (χ3v) is 3.57. The minimum Gasteiger partial charge on any atom is -0.380 e. The third kappa shape index (κ3) is 4.76. The largest absolute Gasteiger partial charge is 0.380 e. The minimum atomic E-state index is -0.162. The molecule has 0 saturated heterocycles. The van der Waals surface area contributed by atoms with Gasteiger partial charge in [0.15, 0.2) is 0 Å². The summed E-state index contributed by atoms with van der Waals surface area (Å²) in [6.45, 7) is 7.86. The van der Waals surface area contributed by atoms with Crippen molar-refractivity contribution in [1.82, 2.24) is 5.32 Å². The molecule has 0 atom stereocenters. The molecule has 1 aromatic carbocycles. The molecule has 20 heavy (non-hydrogen) atoms. The summed E-state index contributed by atoms with van der Waals surface area (Å²) >= 11 is 0. The van der Waals surface area contributed by atoms with Crippen LogP contribution in [0.3, 0.4) is 0 Å². The molecule has 1 aliphatic rings. The van der Waals surface area contributed by atoms with E-state index in [1.54, 1.807) is 12.1 Å². The Morgan fingerprint density at radius 3 is 2.75 bits per heavy atom. The maximum Gasteiger partial charge on any atom is 0.125 e. The summed E-state index contributed by atoms with van der Waals surface area (Å²) in [7, 11) is 0. The van der Waals surface area contributed by atoms with Gasteiger partial charge >= 0.3 is 0 Å². The second-order valence-electron chi connectivity index (χ2n) is 5.25. The first-order valence-corrected chi connectivity index (χ1v) is 7.58. The lowest BCUT2D eigenvalue weighted by Gasteiger charge is -2.23. The molecule has 112 valence electrons. The smallest absolute Gasteiger partial charge is 0.125 e. The molecule has 1 fully saturated rings. The molecule has 0 spiro atoms. The summed E-state index contributed by atoms with van der Waals surface area (Å²) in [5.74, 6) is -0.162. The van der Waals surface area contributed by atoms with E-state index in [0.717, 1.165) is 37.5 Å². The molecule has 0 aliphatic heterocycles. The second kappa shape index (κ2) is 7.60. The molecule has 2 rings (SSSR count). The van der Waals surface area contributed by atoms with Crippen molar-refractivity contribution in [2.75, 3.05) is 31.2 Å². The molecular formula is C16H25FN2O. The maximum absolute atomic E-state index is 13.8. The van der Waals surface area contributed by atoms with Crippen LogP contribution in [-0.4, -0.2) is 32.3 Å². The number of anilines is 1. The first-order chi connectivity index (χ1) is 9.72. The summed E-state index contributed by atoms with van der Waals surface area (Å²) in [5.41, 5.74) is 1.96. The van der Waals surface area contributed by atoms with Gasteiger partial charge in [0.1, 0.15) is 5.82 Å². The predicted molar refractivity (Wildman–Crippen MR) is 80.6 cm³/mol. The van der Waals surface area contributed by atoms with Crippen molar-refractivity contribution in [3.8, 4) is 0 Å². The van der Waals surface area contributed by atoms with Crippen molar-refractivity contribution >= 4 is 5.69 Å². The molecule has 0 heterocycles. The van der Waals surface area contributed by atoms with Crippen LogP contribution in [0.2, 0.25) is 0 Å². The zero-order chi connectivity index (χ0) is 14.4. The van der Waals surface area contributed by atoms with E-state index in [0.29, 0.717) is 12.6 Å². The van der Waals surface area contributed by atoms with Crippen molar-refractivity contribution in [3.63, 3.8) is 0 Å². The topological polar surface area (TPSA) is 24.5 Å². The van der Waals surface area contributed by atoms with Gasteiger partial charge in [-0.25, -0.2) is 4.39 Å². The Labute approximate surface area is 121 Å². The summed E-state index contributed by atoms with van der Waals surface area (Å²) < 4.78 is 19.2. The number of benzene rings is 1. The lowest BCUT2D eigenvalue weighted by Crippen LogP contribution is -2.27. The Kier molecular flexibility index (Phi) is 5.80. The summed E-state index contributed by atoms with van der Waals surface area (Å²) in [5, 5.41) is 3.43. The average Bonchev–Trinajstić information content (AvgIpc) is 3.25. The van der Waals surface area contributed by atoms with Gasteiger partial charge in [-0.2, -0.15) is 0 Å². The van der Waals surface area contributed by atoms with Gasteiger partial charge in [0.05, 0.1) is 6.61 Å². The van der Waals surface area contributed by atoms with E-state index in [1.165, 1.54) is 12.8 Å². The zero-order valence-electron chi connectivity index (χ0n) is 12.5. The summed E-state index contributed by atoms with van der Waals surface area (Å²) in [6.07, 6.45) is 2.50. The number of halogens is 1. The first-order valence-electron chi connectivity index (χ1n) is 7.58. The highest BCUT2D eigenvalue weighted by molar-refractivity contribution is 5.49. The van der Waals surface area contributed by atoms with Crippen molar-refractivity contribution in [2.24, 2.45) is 0 Å². The summed E-state index contributed by atoms with van der Waals surface area (Å²) in [6, 6.07) is 5.95. The van der Waals surface area contributed by atoms with E-state index < -0.39 is 0 Å². The molecule has 0 radical (unpaired) electrons. The van der Waals surface area contributed by atoms with Crippen molar-refractivity contribution in [1.29, 1.82) is 0 Å². The molecule has 1 aromatic rings. The fourth-order valence-corrected chi connectivity index (χ4v) is 2.26. The first kappa shape index (κ1) is 15.3. The fourth-order valence-electron chi connectivity index (χ4n) is 2.26. The van der Waals surface area contributed by atoms with Crippen LogP contribution in [0.25, 0.3) is 0 Å². The molecule has 0 bridgehead atoms. The van der Waals surface area contributed by atoms with Crippen molar-refractivity contribution in [3.05, 3.63) is 29.6 Å². The van der Waals surface area contributed by atoms with Gasteiger partial charge in [-0.1, -0.05) is 0 Å². The molecule has 4 heteroatoms.